The third kappa shape index (κ3) is 5.35. The minimum Gasteiger partial charge on any atom is -0.477 e. The van der Waals surface area contributed by atoms with E-state index in [1.807, 2.05) is 7.05 Å². The summed E-state index contributed by atoms with van der Waals surface area (Å²) in [6, 6.07) is 7.97. The molecule has 1 N–H and O–H groups in total. The molecule has 27 heavy (non-hydrogen) atoms. The van der Waals surface area contributed by atoms with E-state index >= 15 is 0 Å². The van der Waals surface area contributed by atoms with Gasteiger partial charge in [-0.3, -0.25) is 9.59 Å². The maximum atomic E-state index is 12.1. The molecule has 0 fully saturated rings. The van der Waals surface area contributed by atoms with Crippen LogP contribution in [0.15, 0.2) is 57.3 Å². The van der Waals surface area contributed by atoms with Crippen molar-refractivity contribution in [3.05, 3.63) is 63.9 Å². The molecular weight excluding hydrogens is 392 g/mol. The summed E-state index contributed by atoms with van der Waals surface area (Å²) in [6.07, 6.45) is 2.79. The van der Waals surface area contributed by atoms with Crippen LogP contribution in [-0.2, 0) is 17.6 Å². The number of hydrogen-bond donors (Lipinski definition) is 1. The third-order valence-electron chi connectivity index (χ3n) is 3.35. The van der Waals surface area contributed by atoms with Crippen molar-refractivity contribution >= 4 is 35.0 Å². The van der Waals surface area contributed by atoms with Crippen molar-refractivity contribution in [3.63, 3.8) is 0 Å². The highest BCUT2D eigenvalue weighted by atomic mass is 35.5. The Hall–Kier alpha value is -2.78. The molecule has 0 saturated heterocycles. The summed E-state index contributed by atoms with van der Waals surface area (Å²) in [5.41, 5.74) is 0.213. The van der Waals surface area contributed by atoms with Crippen LogP contribution < -0.4 is 15.5 Å². The van der Waals surface area contributed by atoms with Gasteiger partial charge in [0.15, 0.2) is 11.8 Å². The van der Waals surface area contributed by atoms with Gasteiger partial charge in [0.05, 0.1) is 5.75 Å². The van der Waals surface area contributed by atoms with Gasteiger partial charge in [0.1, 0.15) is 18.4 Å². The summed E-state index contributed by atoms with van der Waals surface area (Å²) in [4.78, 5) is 24.0. The summed E-state index contributed by atoms with van der Waals surface area (Å²) in [5, 5.41) is 11.6. The molecule has 0 unspecified atom stereocenters. The molecule has 0 saturated carbocycles. The predicted octanol–water partition coefficient (Wildman–Crippen LogP) is 2.73. The molecule has 0 aliphatic heterocycles. The Morgan fingerprint density at radius 3 is 2.81 bits per heavy atom. The number of aryl methyl sites for hydroxylation is 1. The van der Waals surface area contributed by atoms with Crippen LogP contribution in [0.5, 0.6) is 5.75 Å². The van der Waals surface area contributed by atoms with Crippen molar-refractivity contribution in [1.82, 2.24) is 14.8 Å². The van der Waals surface area contributed by atoms with Gasteiger partial charge in [-0.05, 0) is 24.3 Å². The Labute approximate surface area is 163 Å². The SMILES string of the molecule is Cn1cnnc1SCc1cc(=O)c(OCC(=O)Nc2ccc(Cl)cc2)co1. The molecule has 3 rings (SSSR count). The average Bonchev–Trinajstić information content (AvgIpc) is 3.06. The molecule has 3 aromatic rings. The van der Waals surface area contributed by atoms with Crippen molar-refractivity contribution in [1.29, 1.82) is 0 Å². The number of thioether (sulfide) groups is 1. The molecule has 0 spiro atoms. The Morgan fingerprint density at radius 1 is 1.37 bits per heavy atom. The minimum absolute atomic E-state index is 0.0336. The quantitative estimate of drug-likeness (QED) is 0.602. The fraction of sp³-hybridized carbons (Fsp3) is 0.176. The van der Waals surface area contributed by atoms with Crippen molar-refractivity contribution in [2.24, 2.45) is 7.05 Å². The number of ether oxygens (including phenoxy) is 1. The molecule has 0 aliphatic carbocycles. The number of carbonyl (C=O) groups excluding carboxylic acids is 1. The molecular formula is C17H15ClN4O4S. The van der Waals surface area contributed by atoms with Gasteiger partial charge in [-0.15, -0.1) is 10.2 Å². The molecule has 0 radical (unpaired) electrons. The van der Waals surface area contributed by atoms with E-state index in [9.17, 15) is 9.59 Å². The molecule has 10 heteroatoms. The number of carbonyl (C=O) groups is 1. The number of hydrogen-bond acceptors (Lipinski definition) is 7. The Morgan fingerprint density at radius 2 is 2.15 bits per heavy atom. The predicted molar refractivity (Wildman–Crippen MR) is 101 cm³/mol. The lowest BCUT2D eigenvalue weighted by molar-refractivity contribution is -0.118. The van der Waals surface area contributed by atoms with Gasteiger partial charge < -0.3 is 19.0 Å². The first-order chi connectivity index (χ1) is 13.0. The number of nitrogens with one attached hydrogen (secondary N) is 1. The monoisotopic (exact) mass is 406 g/mol. The van der Waals surface area contributed by atoms with Crippen LogP contribution in [0.3, 0.4) is 0 Å². The van der Waals surface area contributed by atoms with Gasteiger partial charge >= 0.3 is 0 Å². The minimum atomic E-state index is -0.404. The van der Waals surface area contributed by atoms with Crippen LogP contribution in [0.4, 0.5) is 5.69 Å². The second-order valence-corrected chi connectivity index (χ2v) is 6.81. The molecule has 2 aromatic heterocycles. The number of rotatable bonds is 7. The van der Waals surface area contributed by atoms with Crippen LogP contribution in [0.25, 0.3) is 0 Å². The van der Waals surface area contributed by atoms with Crippen molar-refractivity contribution in [2.45, 2.75) is 10.9 Å². The third-order valence-corrected chi connectivity index (χ3v) is 4.66. The smallest absolute Gasteiger partial charge is 0.262 e. The van der Waals surface area contributed by atoms with Gasteiger partial charge in [0, 0.05) is 23.8 Å². The molecule has 0 bridgehead atoms. The van der Waals surface area contributed by atoms with E-state index < -0.39 is 5.91 Å². The van der Waals surface area contributed by atoms with E-state index in [2.05, 4.69) is 15.5 Å². The number of halogens is 1. The highest BCUT2D eigenvalue weighted by molar-refractivity contribution is 7.98. The summed E-state index contributed by atoms with van der Waals surface area (Å²) in [7, 11) is 1.82. The van der Waals surface area contributed by atoms with Crippen molar-refractivity contribution < 1.29 is 13.9 Å². The highest BCUT2D eigenvalue weighted by Gasteiger charge is 2.10. The van der Waals surface area contributed by atoms with Crippen LogP contribution in [0.2, 0.25) is 5.02 Å². The molecule has 1 amide bonds. The first-order valence-corrected chi connectivity index (χ1v) is 9.14. The topological polar surface area (TPSA) is 99.3 Å². The molecule has 8 nitrogen and oxygen atoms in total. The summed E-state index contributed by atoms with van der Waals surface area (Å²) >= 11 is 7.17. The maximum absolute atomic E-state index is 12.1. The van der Waals surface area contributed by atoms with Gasteiger partial charge in [0.25, 0.3) is 5.91 Å². The van der Waals surface area contributed by atoms with E-state index in [1.54, 1.807) is 35.2 Å². The number of aromatic nitrogens is 3. The Kier molecular flexibility index (Phi) is 6.15. The van der Waals surface area contributed by atoms with Crippen molar-refractivity contribution in [2.75, 3.05) is 11.9 Å². The summed E-state index contributed by atoms with van der Waals surface area (Å²) in [6.45, 7) is -0.319. The second kappa shape index (κ2) is 8.74. The zero-order valence-corrected chi connectivity index (χ0v) is 15.8. The fourth-order valence-corrected chi connectivity index (χ4v) is 2.94. The lowest BCUT2D eigenvalue weighted by Crippen LogP contribution is -2.22. The molecule has 0 aliphatic rings. The van der Waals surface area contributed by atoms with E-state index in [4.69, 9.17) is 20.8 Å². The van der Waals surface area contributed by atoms with Gasteiger partial charge in [-0.1, -0.05) is 23.4 Å². The van der Waals surface area contributed by atoms with E-state index in [-0.39, 0.29) is 17.8 Å². The number of anilines is 1. The first-order valence-electron chi connectivity index (χ1n) is 7.78. The van der Waals surface area contributed by atoms with E-state index in [0.29, 0.717) is 27.4 Å². The zero-order chi connectivity index (χ0) is 19.2. The van der Waals surface area contributed by atoms with E-state index in [0.717, 1.165) is 0 Å². The first kappa shape index (κ1) is 19.0. The van der Waals surface area contributed by atoms with Gasteiger partial charge in [0.2, 0.25) is 11.2 Å². The van der Waals surface area contributed by atoms with Crippen LogP contribution >= 0.6 is 23.4 Å². The molecule has 0 atom stereocenters. The largest absolute Gasteiger partial charge is 0.477 e. The fourth-order valence-electron chi connectivity index (χ4n) is 2.03. The van der Waals surface area contributed by atoms with Crippen LogP contribution in [0.1, 0.15) is 5.76 Å². The van der Waals surface area contributed by atoms with Crippen LogP contribution in [-0.4, -0.2) is 27.3 Å². The highest BCUT2D eigenvalue weighted by Crippen LogP contribution is 2.20. The molecule has 1 aromatic carbocycles. The second-order valence-electron chi connectivity index (χ2n) is 5.43. The summed E-state index contributed by atoms with van der Waals surface area (Å²) in [5.74, 6) is 0.442. The Balaban J connectivity index is 1.53. The zero-order valence-electron chi connectivity index (χ0n) is 14.2. The summed E-state index contributed by atoms with van der Waals surface area (Å²) < 4.78 is 12.4. The lowest BCUT2D eigenvalue weighted by Gasteiger charge is -2.07. The maximum Gasteiger partial charge on any atom is 0.262 e. The Bertz CT molecular complexity index is 987. The number of benzene rings is 1. The number of amides is 1. The van der Waals surface area contributed by atoms with Crippen molar-refractivity contribution in [3.8, 4) is 5.75 Å². The standard InChI is InChI=1S/C17H15ClN4O4S/c1-22-10-19-21-17(22)27-9-13-6-14(23)15(7-25-13)26-8-16(24)20-12-4-2-11(18)3-5-12/h2-7,10H,8-9H2,1H3,(H,20,24). The molecule has 140 valence electrons. The average molecular weight is 407 g/mol. The normalized spacial score (nSPS) is 10.6. The lowest BCUT2D eigenvalue weighted by atomic mass is 10.3. The van der Waals surface area contributed by atoms with Gasteiger partial charge in [-0.25, -0.2) is 0 Å². The van der Waals surface area contributed by atoms with Gasteiger partial charge in [-0.2, -0.15) is 0 Å². The van der Waals surface area contributed by atoms with Crippen LogP contribution in [0, 0.1) is 0 Å². The number of nitrogens with zero attached hydrogens (tertiary/aromatic N) is 3. The molecule has 2 heterocycles. The van der Waals surface area contributed by atoms with E-state index in [1.165, 1.54) is 24.1 Å².